The number of Topliss-reactive ketones (excluding diaryl/α,β-unsaturated/α-hetero) is 1. The van der Waals surface area contributed by atoms with Crippen LogP contribution < -0.4 is 0 Å². The number of ketones is 1. The van der Waals surface area contributed by atoms with Gasteiger partial charge in [-0.2, -0.15) is 21.6 Å². The average Bonchev–Trinajstić information content (AvgIpc) is 2.82. The molecule has 3 aliphatic carbocycles. The van der Waals surface area contributed by atoms with Crippen LogP contribution in [0.4, 0.5) is 13.2 Å². The molecule has 0 N–H and O–H groups in total. The maximum atomic E-state index is 12.8. The Kier molecular flexibility index (Phi) is 2.87. The topological polar surface area (TPSA) is 54.5 Å². The third-order valence-corrected chi connectivity index (χ3v) is 6.35. The molecule has 0 amide bonds. The zero-order valence-corrected chi connectivity index (χ0v) is 12.0. The monoisotopic (exact) mass is 321 g/mol. The van der Waals surface area contributed by atoms with Gasteiger partial charge in [0.2, 0.25) is 0 Å². The predicted molar refractivity (Wildman–Crippen MR) is 68.2 cm³/mol. The summed E-state index contributed by atoms with van der Waals surface area (Å²) in [6.45, 7) is 1.32. The highest BCUT2D eigenvalue weighted by molar-refractivity contribution is 7.90. The van der Waals surface area contributed by atoms with Gasteiger partial charge in [-0.15, -0.1) is 0 Å². The van der Waals surface area contributed by atoms with Crippen LogP contribution in [0.1, 0.15) is 19.8 Å². The first kappa shape index (κ1) is 14.6. The molecule has 1 saturated carbocycles. The Morgan fingerprint density at radius 3 is 2.43 bits per heavy atom. The van der Waals surface area contributed by atoms with Crippen LogP contribution in [0.3, 0.4) is 0 Å². The van der Waals surface area contributed by atoms with Gasteiger partial charge in [0.25, 0.3) is 0 Å². The molecular formula is C13H14F3NO3S. The third-order valence-electron chi connectivity index (χ3n) is 4.86. The van der Waals surface area contributed by atoms with Gasteiger partial charge in [-0.1, -0.05) is 18.2 Å². The number of rotatable bonds is 2. The van der Waals surface area contributed by atoms with Crippen molar-refractivity contribution in [2.45, 2.75) is 31.3 Å². The lowest BCUT2D eigenvalue weighted by atomic mass is 9.55. The van der Waals surface area contributed by atoms with Gasteiger partial charge in [-0.05, 0) is 31.6 Å². The van der Waals surface area contributed by atoms with Crippen LogP contribution >= 0.6 is 0 Å². The van der Waals surface area contributed by atoms with Gasteiger partial charge >= 0.3 is 15.5 Å². The van der Waals surface area contributed by atoms with E-state index in [0.717, 1.165) is 6.20 Å². The summed E-state index contributed by atoms with van der Waals surface area (Å²) in [7, 11) is -5.48. The van der Waals surface area contributed by atoms with Crippen molar-refractivity contribution in [2.24, 2.45) is 17.3 Å². The fourth-order valence-electron chi connectivity index (χ4n) is 3.92. The summed E-state index contributed by atoms with van der Waals surface area (Å²) in [6.07, 6.45) is 7.12. The highest BCUT2D eigenvalue weighted by Gasteiger charge is 2.64. The van der Waals surface area contributed by atoms with Gasteiger partial charge in [0.15, 0.2) is 0 Å². The second-order valence-corrected chi connectivity index (χ2v) is 7.60. The molecule has 0 aromatic heterocycles. The van der Waals surface area contributed by atoms with Crippen molar-refractivity contribution in [3.8, 4) is 0 Å². The molecule has 0 unspecified atom stereocenters. The van der Waals surface area contributed by atoms with Crippen molar-refractivity contribution in [3.63, 3.8) is 0 Å². The number of carbonyl (C=O) groups is 1. The zero-order chi connectivity index (χ0) is 15.6. The predicted octanol–water partition coefficient (Wildman–Crippen LogP) is 2.21. The van der Waals surface area contributed by atoms with E-state index in [0.29, 0.717) is 17.1 Å². The van der Waals surface area contributed by atoms with Crippen molar-refractivity contribution < 1.29 is 26.4 Å². The van der Waals surface area contributed by atoms with E-state index in [2.05, 4.69) is 0 Å². The summed E-state index contributed by atoms with van der Waals surface area (Å²) in [6, 6.07) is -0.995. The lowest BCUT2D eigenvalue weighted by Gasteiger charge is -2.51. The lowest BCUT2D eigenvalue weighted by molar-refractivity contribution is -0.131. The molecule has 4 aliphatic rings. The molecule has 0 aromatic rings. The third kappa shape index (κ3) is 1.68. The van der Waals surface area contributed by atoms with Gasteiger partial charge in [0.05, 0.1) is 11.5 Å². The number of carbonyl (C=O) groups excluding carboxylic acids is 1. The largest absolute Gasteiger partial charge is 0.516 e. The molecule has 0 aromatic carbocycles. The molecule has 1 aliphatic heterocycles. The van der Waals surface area contributed by atoms with E-state index in [1.807, 2.05) is 6.08 Å². The molecule has 8 heteroatoms. The highest BCUT2D eigenvalue weighted by Crippen LogP contribution is 2.56. The first-order valence-corrected chi connectivity index (χ1v) is 8.05. The molecule has 4 nitrogen and oxygen atoms in total. The van der Waals surface area contributed by atoms with Gasteiger partial charge in [0, 0.05) is 6.20 Å². The Morgan fingerprint density at radius 1 is 1.29 bits per heavy atom. The van der Waals surface area contributed by atoms with Gasteiger partial charge in [0.1, 0.15) is 5.78 Å². The molecule has 4 atom stereocenters. The Labute approximate surface area is 120 Å². The molecule has 21 heavy (non-hydrogen) atoms. The second-order valence-electron chi connectivity index (χ2n) is 5.76. The molecule has 116 valence electrons. The molecule has 0 spiro atoms. The van der Waals surface area contributed by atoms with Crippen LogP contribution in [0.5, 0.6) is 0 Å². The van der Waals surface area contributed by atoms with Crippen molar-refractivity contribution in [2.75, 3.05) is 0 Å². The fourth-order valence-corrected chi connectivity index (χ4v) is 5.01. The number of halogens is 3. The van der Waals surface area contributed by atoms with E-state index < -0.39 is 27.0 Å². The van der Waals surface area contributed by atoms with E-state index in [1.165, 1.54) is 13.0 Å². The SMILES string of the molecule is CC(=O)[C@@]12C=CN(S(=O)(=O)C(F)(F)F)[C@@H]1[C@@H]1C=C[C@H]2CC1. The summed E-state index contributed by atoms with van der Waals surface area (Å²) in [5, 5.41) is 0. The molecular weight excluding hydrogens is 307 g/mol. The number of hydrogen-bond donors (Lipinski definition) is 0. The van der Waals surface area contributed by atoms with Gasteiger partial charge in [-0.25, -0.2) is 0 Å². The fraction of sp³-hybridized carbons (Fsp3) is 0.615. The van der Waals surface area contributed by atoms with Crippen LogP contribution in [0.15, 0.2) is 24.4 Å². The molecule has 1 fully saturated rings. The number of nitrogens with zero attached hydrogens (tertiary/aromatic N) is 1. The quantitative estimate of drug-likeness (QED) is 0.733. The van der Waals surface area contributed by atoms with E-state index in [4.69, 9.17) is 0 Å². The summed E-state index contributed by atoms with van der Waals surface area (Å²) >= 11 is 0. The van der Waals surface area contributed by atoms with Crippen LogP contribution in [-0.2, 0) is 14.8 Å². The maximum absolute atomic E-state index is 12.8. The minimum absolute atomic E-state index is 0.241. The number of sulfonamides is 1. The minimum atomic E-state index is -5.48. The molecule has 2 bridgehead atoms. The van der Waals surface area contributed by atoms with E-state index in [9.17, 15) is 26.4 Å². The standard InChI is InChI=1S/C13H14F3NO3S/c1-8(18)12-6-7-17(21(19,20)13(14,15)16)11(12)9-2-4-10(12)5-3-9/h2,4,6-7,9-11H,3,5H2,1H3/t9-,10+,11-,12-/m1/s1. The number of hydrogen-bond acceptors (Lipinski definition) is 3. The van der Waals surface area contributed by atoms with E-state index in [1.54, 1.807) is 6.08 Å². The van der Waals surface area contributed by atoms with Crippen LogP contribution in [0, 0.1) is 17.3 Å². The average molecular weight is 321 g/mol. The summed E-state index contributed by atoms with van der Waals surface area (Å²) < 4.78 is 62.4. The Hall–Kier alpha value is -1.31. The molecule has 0 radical (unpaired) electrons. The van der Waals surface area contributed by atoms with E-state index >= 15 is 0 Å². The van der Waals surface area contributed by atoms with Crippen LogP contribution in [0.2, 0.25) is 0 Å². The van der Waals surface area contributed by atoms with Gasteiger partial charge < -0.3 is 0 Å². The van der Waals surface area contributed by atoms with Crippen molar-refractivity contribution in [3.05, 3.63) is 24.4 Å². The summed E-state index contributed by atoms with van der Waals surface area (Å²) in [5.74, 6) is -0.900. The minimum Gasteiger partial charge on any atom is -0.299 e. The number of alkyl halides is 3. The van der Waals surface area contributed by atoms with E-state index in [-0.39, 0.29) is 17.6 Å². The first-order chi connectivity index (χ1) is 9.62. The van der Waals surface area contributed by atoms with Crippen molar-refractivity contribution >= 4 is 15.8 Å². The molecule has 4 rings (SSSR count). The van der Waals surface area contributed by atoms with Crippen molar-refractivity contribution in [1.29, 1.82) is 0 Å². The number of allylic oxidation sites excluding steroid dienone is 1. The molecule has 0 saturated heterocycles. The van der Waals surface area contributed by atoms with Gasteiger partial charge in [-0.3, -0.25) is 9.10 Å². The van der Waals surface area contributed by atoms with Crippen molar-refractivity contribution in [1.82, 2.24) is 4.31 Å². The normalized spacial score (nSPS) is 37.9. The maximum Gasteiger partial charge on any atom is 0.516 e. The summed E-state index contributed by atoms with van der Waals surface area (Å²) in [5.41, 5.74) is -6.53. The number of fused-ring (bicyclic) bond motifs is 1. The Bertz CT molecular complexity index is 652. The van der Waals surface area contributed by atoms with Crippen LogP contribution in [-0.4, -0.2) is 30.1 Å². The Morgan fingerprint density at radius 2 is 1.95 bits per heavy atom. The smallest absolute Gasteiger partial charge is 0.299 e. The highest BCUT2D eigenvalue weighted by atomic mass is 32.2. The first-order valence-electron chi connectivity index (χ1n) is 6.61. The second kappa shape index (κ2) is 4.12. The lowest BCUT2D eigenvalue weighted by Crippen LogP contribution is -2.59. The summed E-state index contributed by atoms with van der Waals surface area (Å²) in [4.78, 5) is 12.1. The molecule has 1 heterocycles. The zero-order valence-electron chi connectivity index (χ0n) is 11.2. The van der Waals surface area contributed by atoms with Crippen LogP contribution in [0.25, 0.3) is 0 Å². The Balaban J connectivity index is 2.13.